The second-order valence-corrected chi connectivity index (χ2v) is 5.83. The predicted octanol–water partition coefficient (Wildman–Crippen LogP) is 3.05. The van der Waals surface area contributed by atoms with Gasteiger partial charge in [-0.25, -0.2) is 4.79 Å². The lowest BCUT2D eigenvalue weighted by Crippen LogP contribution is -2.33. The molecule has 0 radical (unpaired) electrons. The van der Waals surface area contributed by atoms with Crippen molar-refractivity contribution in [2.24, 2.45) is 0 Å². The van der Waals surface area contributed by atoms with Crippen LogP contribution in [0.2, 0.25) is 0 Å². The Balaban J connectivity index is 2.59. The molecule has 22 heavy (non-hydrogen) atoms. The summed E-state index contributed by atoms with van der Waals surface area (Å²) >= 11 is 4.52. The normalized spacial score (nSPS) is 11.2. The fourth-order valence-electron chi connectivity index (χ4n) is 1.79. The molecule has 0 aliphatic carbocycles. The summed E-state index contributed by atoms with van der Waals surface area (Å²) in [6.07, 6.45) is 1.62. The molecule has 1 aromatic carbocycles. The minimum atomic E-state index is -0.483. The highest BCUT2D eigenvalue weighted by molar-refractivity contribution is 9.11. The molecule has 1 heterocycles. The van der Waals surface area contributed by atoms with E-state index in [0.29, 0.717) is 17.2 Å². The van der Waals surface area contributed by atoms with Gasteiger partial charge in [0.15, 0.2) is 0 Å². The van der Waals surface area contributed by atoms with E-state index in [4.69, 9.17) is 4.74 Å². The lowest BCUT2D eigenvalue weighted by atomic mass is 10.3. The number of ether oxygens (including phenoxy) is 1. The summed E-state index contributed by atoms with van der Waals surface area (Å²) < 4.78 is 6.77. The van der Waals surface area contributed by atoms with Crippen molar-refractivity contribution >= 4 is 33.8 Å². The average molecular weight is 383 g/mol. The SMILES string of the molecule is CCOCn1c(Sc2ccccc2)c(/C=C/Br)c(=O)[nH]c1=O. The maximum absolute atomic E-state index is 12.1. The van der Waals surface area contributed by atoms with Crippen LogP contribution in [0.3, 0.4) is 0 Å². The number of aromatic amines is 1. The zero-order valence-corrected chi connectivity index (χ0v) is 14.3. The van der Waals surface area contributed by atoms with Gasteiger partial charge in [-0.2, -0.15) is 0 Å². The second-order valence-electron chi connectivity index (χ2n) is 4.24. The van der Waals surface area contributed by atoms with E-state index in [1.165, 1.54) is 16.3 Å². The number of hydrogen-bond acceptors (Lipinski definition) is 4. The van der Waals surface area contributed by atoms with Crippen molar-refractivity contribution in [2.75, 3.05) is 6.61 Å². The minimum absolute atomic E-state index is 0.0877. The highest BCUT2D eigenvalue weighted by Crippen LogP contribution is 2.28. The molecule has 0 bridgehead atoms. The molecular formula is C15H15BrN2O3S. The first-order chi connectivity index (χ1) is 10.7. The Hall–Kier alpha value is -1.57. The van der Waals surface area contributed by atoms with Gasteiger partial charge in [0.1, 0.15) is 6.73 Å². The Morgan fingerprint density at radius 2 is 2.05 bits per heavy atom. The van der Waals surface area contributed by atoms with Crippen molar-refractivity contribution in [3.63, 3.8) is 0 Å². The van der Waals surface area contributed by atoms with Crippen molar-refractivity contribution in [1.29, 1.82) is 0 Å². The Kier molecular flexibility index (Phi) is 6.23. The first-order valence-electron chi connectivity index (χ1n) is 6.62. The number of nitrogens with one attached hydrogen (secondary N) is 1. The lowest BCUT2D eigenvalue weighted by molar-refractivity contribution is 0.0782. The topological polar surface area (TPSA) is 64.1 Å². The third-order valence-electron chi connectivity index (χ3n) is 2.80. The fraction of sp³-hybridized carbons (Fsp3) is 0.200. The Labute approximate surface area is 140 Å². The number of rotatable bonds is 6. The van der Waals surface area contributed by atoms with E-state index in [1.807, 2.05) is 37.3 Å². The molecule has 0 saturated carbocycles. The molecule has 7 heteroatoms. The zero-order chi connectivity index (χ0) is 15.9. The summed E-state index contributed by atoms with van der Waals surface area (Å²) in [5, 5.41) is 0.545. The van der Waals surface area contributed by atoms with Crippen molar-refractivity contribution in [1.82, 2.24) is 9.55 Å². The molecule has 0 spiro atoms. The van der Waals surface area contributed by atoms with E-state index < -0.39 is 11.2 Å². The summed E-state index contributed by atoms with van der Waals surface area (Å²) in [5.74, 6) is 0. The van der Waals surface area contributed by atoms with Gasteiger partial charge < -0.3 is 4.74 Å². The van der Waals surface area contributed by atoms with Crippen molar-refractivity contribution in [3.8, 4) is 0 Å². The molecule has 0 aliphatic heterocycles. The smallest absolute Gasteiger partial charge is 0.331 e. The van der Waals surface area contributed by atoms with Gasteiger partial charge in [0.05, 0.1) is 10.6 Å². The highest BCUT2D eigenvalue weighted by atomic mass is 79.9. The number of hydrogen-bond donors (Lipinski definition) is 1. The van der Waals surface area contributed by atoms with Crippen LogP contribution >= 0.6 is 27.7 Å². The number of aromatic nitrogens is 2. The fourth-order valence-corrected chi connectivity index (χ4v) is 3.08. The van der Waals surface area contributed by atoms with Gasteiger partial charge in [-0.05, 0) is 30.1 Å². The molecule has 0 aliphatic rings. The van der Waals surface area contributed by atoms with Crippen LogP contribution in [-0.4, -0.2) is 16.2 Å². The van der Waals surface area contributed by atoms with E-state index in [-0.39, 0.29) is 6.73 Å². The van der Waals surface area contributed by atoms with E-state index in [1.54, 1.807) is 11.1 Å². The zero-order valence-electron chi connectivity index (χ0n) is 11.9. The third-order valence-corrected chi connectivity index (χ3v) is 4.20. The van der Waals surface area contributed by atoms with Gasteiger partial charge in [0, 0.05) is 11.5 Å². The number of nitrogens with zero attached hydrogens (tertiary/aromatic N) is 1. The summed E-state index contributed by atoms with van der Waals surface area (Å²) in [6.45, 7) is 2.41. The van der Waals surface area contributed by atoms with Crippen molar-refractivity contribution in [2.45, 2.75) is 23.6 Å². The maximum Gasteiger partial charge on any atom is 0.331 e. The number of benzene rings is 1. The molecule has 0 atom stereocenters. The van der Waals surface area contributed by atoms with Crippen LogP contribution < -0.4 is 11.2 Å². The van der Waals surface area contributed by atoms with Crippen LogP contribution in [0.25, 0.3) is 6.08 Å². The first kappa shape index (κ1) is 16.8. The van der Waals surface area contributed by atoms with Crippen LogP contribution in [0.15, 0.2) is 54.8 Å². The Bertz CT molecular complexity index is 769. The Morgan fingerprint density at radius 1 is 1.32 bits per heavy atom. The van der Waals surface area contributed by atoms with Gasteiger partial charge in [0.25, 0.3) is 5.56 Å². The molecule has 5 nitrogen and oxygen atoms in total. The van der Waals surface area contributed by atoms with Gasteiger partial charge >= 0.3 is 5.69 Å². The summed E-state index contributed by atoms with van der Waals surface area (Å²) in [6, 6.07) is 9.56. The maximum atomic E-state index is 12.1. The summed E-state index contributed by atoms with van der Waals surface area (Å²) in [5.41, 5.74) is -0.500. The molecule has 0 amide bonds. The number of H-pyrrole nitrogens is 1. The molecule has 0 saturated heterocycles. The predicted molar refractivity (Wildman–Crippen MR) is 91.5 cm³/mol. The van der Waals surface area contributed by atoms with E-state index >= 15 is 0 Å². The standard InChI is InChI=1S/C15H15BrN2O3S/c1-2-21-10-18-14(22-11-6-4-3-5-7-11)12(8-9-16)13(19)17-15(18)20/h3-9H,2,10H2,1H3,(H,17,19,20)/b9-8+. The van der Waals surface area contributed by atoms with Crippen molar-refractivity contribution < 1.29 is 4.74 Å². The Morgan fingerprint density at radius 3 is 2.68 bits per heavy atom. The lowest BCUT2D eigenvalue weighted by Gasteiger charge is -2.14. The average Bonchev–Trinajstić information content (AvgIpc) is 2.51. The van der Waals surface area contributed by atoms with Crippen molar-refractivity contribution in [3.05, 3.63) is 61.7 Å². The van der Waals surface area contributed by atoms with Crippen LogP contribution in [-0.2, 0) is 11.5 Å². The molecule has 1 N–H and O–H groups in total. The first-order valence-corrected chi connectivity index (χ1v) is 8.35. The third kappa shape index (κ3) is 4.00. The van der Waals surface area contributed by atoms with Crippen LogP contribution in [0.1, 0.15) is 12.5 Å². The second kappa shape index (κ2) is 8.17. The quantitative estimate of drug-likeness (QED) is 0.779. The van der Waals surface area contributed by atoms with Crippen LogP contribution in [0.4, 0.5) is 0 Å². The van der Waals surface area contributed by atoms with Gasteiger partial charge in [0.2, 0.25) is 0 Å². The monoisotopic (exact) mass is 382 g/mol. The summed E-state index contributed by atoms with van der Waals surface area (Å²) in [4.78, 5) is 29.0. The summed E-state index contributed by atoms with van der Waals surface area (Å²) in [7, 11) is 0. The highest BCUT2D eigenvalue weighted by Gasteiger charge is 2.14. The molecule has 116 valence electrons. The molecule has 2 aromatic rings. The molecule has 1 aromatic heterocycles. The largest absolute Gasteiger partial charge is 0.361 e. The van der Waals surface area contributed by atoms with E-state index in [9.17, 15) is 9.59 Å². The van der Waals surface area contributed by atoms with E-state index in [2.05, 4.69) is 20.9 Å². The molecule has 0 unspecified atom stereocenters. The van der Waals surface area contributed by atoms with Gasteiger partial charge in [-0.1, -0.05) is 45.9 Å². The van der Waals surface area contributed by atoms with E-state index in [0.717, 1.165) is 4.90 Å². The van der Waals surface area contributed by atoms with Gasteiger partial charge in [-0.15, -0.1) is 0 Å². The minimum Gasteiger partial charge on any atom is -0.361 e. The number of halogens is 1. The van der Waals surface area contributed by atoms with Crippen LogP contribution in [0, 0.1) is 0 Å². The van der Waals surface area contributed by atoms with Crippen LogP contribution in [0.5, 0.6) is 0 Å². The molecule has 2 rings (SSSR count). The molecule has 0 fully saturated rings. The van der Waals surface area contributed by atoms with Gasteiger partial charge in [-0.3, -0.25) is 14.3 Å². The molecular weight excluding hydrogens is 368 g/mol.